The molecule has 0 radical (unpaired) electrons. The summed E-state index contributed by atoms with van der Waals surface area (Å²) < 4.78 is 0. The molecule has 200 valence electrons. The quantitative estimate of drug-likeness (QED) is 0.535. The monoisotopic (exact) mass is 525 g/mol. The smallest absolute Gasteiger partial charge is 0.253 e. The summed E-state index contributed by atoms with van der Waals surface area (Å²) in [6.07, 6.45) is 4.25. The molecule has 0 saturated carbocycles. The van der Waals surface area contributed by atoms with Gasteiger partial charge >= 0.3 is 0 Å². The summed E-state index contributed by atoms with van der Waals surface area (Å²) in [5, 5.41) is 3.03. The van der Waals surface area contributed by atoms with Crippen molar-refractivity contribution in [3.8, 4) is 0 Å². The summed E-state index contributed by atoms with van der Waals surface area (Å²) in [5.74, 6) is 0.281. The van der Waals surface area contributed by atoms with Gasteiger partial charge in [0.15, 0.2) is 0 Å². The van der Waals surface area contributed by atoms with Crippen molar-refractivity contribution >= 4 is 30.1 Å². The molecule has 2 aromatic rings. The molecule has 1 N–H and O–H groups in total. The summed E-state index contributed by atoms with van der Waals surface area (Å²) in [5.41, 5.74) is 2.21. The summed E-state index contributed by atoms with van der Waals surface area (Å²) >= 11 is 0. The third-order valence-electron chi connectivity index (χ3n) is 7.58. The van der Waals surface area contributed by atoms with Crippen LogP contribution in [0.2, 0.25) is 0 Å². The number of piperazine rings is 1. The Morgan fingerprint density at radius 2 is 1.62 bits per heavy atom. The van der Waals surface area contributed by atoms with Crippen LogP contribution < -0.4 is 5.32 Å². The zero-order valence-corrected chi connectivity index (χ0v) is 23.1. The van der Waals surface area contributed by atoms with Crippen LogP contribution in [-0.2, 0) is 16.0 Å². The molecule has 0 bridgehead atoms. The van der Waals surface area contributed by atoms with Gasteiger partial charge in [0.05, 0.1) is 0 Å². The van der Waals surface area contributed by atoms with E-state index in [0.29, 0.717) is 50.4 Å². The molecule has 6 nitrogen and oxygen atoms in total. The van der Waals surface area contributed by atoms with E-state index in [-0.39, 0.29) is 30.1 Å². The predicted octanol–water partition coefficient (Wildman–Crippen LogP) is 4.85. The first-order valence-electron chi connectivity index (χ1n) is 13.4. The van der Waals surface area contributed by atoms with Crippen LogP contribution in [0.1, 0.15) is 74.4 Å². The zero-order chi connectivity index (χ0) is 25.7. The molecule has 1 atom stereocenters. The second kappa shape index (κ2) is 12.6. The molecule has 1 spiro atoms. The summed E-state index contributed by atoms with van der Waals surface area (Å²) in [6, 6.07) is 17.6. The van der Waals surface area contributed by atoms with E-state index in [1.807, 2.05) is 52.3 Å². The van der Waals surface area contributed by atoms with Crippen molar-refractivity contribution in [3.05, 3.63) is 71.3 Å². The highest BCUT2D eigenvalue weighted by molar-refractivity contribution is 6.00. The topological polar surface area (TPSA) is 69.7 Å². The lowest BCUT2D eigenvalue weighted by molar-refractivity contribution is -0.161. The number of halogens is 1. The van der Waals surface area contributed by atoms with E-state index in [9.17, 15) is 14.4 Å². The molecule has 2 aromatic carbocycles. The molecule has 0 aliphatic carbocycles. The minimum absolute atomic E-state index is 0. The second-order valence-electron chi connectivity index (χ2n) is 10.7. The third kappa shape index (κ3) is 6.35. The Hall–Kier alpha value is -2.86. The number of piperidine rings is 1. The number of hydrogen-bond donors (Lipinski definition) is 1. The van der Waals surface area contributed by atoms with E-state index < -0.39 is 11.6 Å². The Labute approximate surface area is 227 Å². The molecule has 2 aliphatic rings. The fraction of sp³-hybridized carbons (Fsp3) is 0.500. The number of unbranched alkanes of at least 4 members (excludes halogenated alkanes) is 1. The minimum atomic E-state index is -0.851. The SMILES string of the molecule is CCCCN1C(=O)C(CC(C)C)NC(=O)C12CCN(C(=O)c1ccc(Cc3ccccc3)cc1)CC2.Cl. The van der Waals surface area contributed by atoms with Crippen molar-refractivity contribution in [1.82, 2.24) is 15.1 Å². The first-order chi connectivity index (χ1) is 17.3. The van der Waals surface area contributed by atoms with E-state index >= 15 is 0 Å². The van der Waals surface area contributed by atoms with Crippen molar-refractivity contribution in [3.63, 3.8) is 0 Å². The van der Waals surface area contributed by atoms with Crippen LogP contribution in [0.4, 0.5) is 0 Å². The molecule has 7 heteroatoms. The Morgan fingerprint density at radius 3 is 2.22 bits per heavy atom. The Balaban J connectivity index is 0.00000380. The van der Waals surface area contributed by atoms with Gasteiger partial charge in [0, 0.05) is 25.2 Å². The van der Waals surface area contributed by atoms with Gasteiger partial charge in [-0.15, -0.1) is 12.4 Å². The number of benzene rings is 2. The molecule has 1 unspecified atom stereocenters. The van der Waals surface area contributed by atoms with Crippen molar-refractivity contribution in [2.45, 2.75) is 70.9 Å². The number of carbonyl (C=O) groups excluding carboxylic acids is 3. The Morgan fingerprint density at radius 1 is 1.00 bits per heavy atom. The number of carbonyl (C=O) groups is 3. The van der Waals surface area contributed by atoms with Crippen molar-refractivity contribution in [2.75, 3.05) is 19.6 Å². The summed E-state index contributed by atoms with van der Waals surface area (Å²) in [7, 11) is 0. The predicted molar refractivity (Wildman–Crippen MR) is 149 cm³/mol. The molecule has 2 fully saturated rings. The van der Waals surface area contributed by atoms with Gasteiger partial charge in [-0.05, 0) is 61.3 Å². The number of likely N-dealkylation sites (tertiary alicyclic amines) is 1. The summed E-state index contributed by atoms with van der Waals surface area (Å²) in [6.45, 7) is 7.75. The van der Waals surface area contributed by atoms with Gasteiger partial charge in [-0.25, -0.2) is 0 Å². The highest BCUT2D eigenvalue weighted by atomic mass is 35.5. The maximum Gasteiger partial charge on any atom is 0.253 e. The number of nitrogens with zero attached hydrogens (tertiary/aromatic N) is 2. The molecule has 2 aliphatic heterocycles. The first kappa shape index (κ1) is 28.7. The van der Waals surface area contributed by atoms with E-state index in [1.165, 1.54) is 5.56 Å². The van der Waals surface area contributed by atoms with Crippen molar-refractivity contribution in [1.29, 1.82) is 0 Å². The van der Waals surface area contributed by atoms with Gasteiger partial charge in [-0.3, -0.25) is 14.4 Å². The average Bonchev–Trinajstić information content (AvgIpc) is 2.88. The van der Waals surface area contributed by atoms with Crippen LogP contribution in [0.3, 0.4) is 0 Å². The molecule has 2 saturated heterocycles. The lowest BCUT2D eigenvalue weighted by atomic mass is 9.80. The fourth-order valence-electron chi connectivity index (χ4n) is 5.50. The molecule has 3 amide bonds. The molecular weight excluding hydrogens is 486 g/mol. The Kier molecular flexibility index (Phi) is 9.77. The summed E-state index contributed by atoms with van der Waals surface area (Å²) in [4.78, 5) is 43.8. The van der Waals surface area contributed by atoms with Crippen LogP contribution in [0.15, 0.2) is 54.6 Å². The van der Waals surface area contributed by atoms with E-state index in [0.717, 1.165) is 24.8 Å². The van der Waals surface area contributed by atoms with Gasteiger partial charge in [-0.2, -0.15) is 0 Å². The maximum atomic E-state index is 13.4. The van der Waals surface area contributed by atoms with Crippen LogP contribution >= 0.6 is 12.4 Å². The van der Waals surface area contributed by atoms with E-state index in [1.54, 1.807) is 0 Å². The van der Waals surface area contributed by atoms with Crippen LogP contribution in [0, 0.1) is 5.92 Å². The van der Waals surface area contributed by atoms with Gasteiger partial charge in [-0.1, -0.05) is 69.7 Å². The normalized spacial score (nSPS) is 19.1. The zero-order valence-electron chi connectivity index (χ0n) is 22.2. The van der Waals surface area contributed by atoms with E-state index in [2.05, 4.69) is 38.2 Å². The van der Waals surface area contributed by atoms with Crippen LogP contribution in [0.25, 0.3) is 0 Å². The largest absolute Gasteiger partial charge is 0.342 e. The molecule has 0 aromatic heterocycles. The van der Waals surface area contributed by atoms with Crippen molar-refractivity contribution in [2.24, 2.45) is 5.92 Å². The highest BCUT2D eigenvalue weighted by Gasteiger charge is 2.53. The van der Waals surface area contributed by atoms with Gasteiger partial charge in [0.1, 0.15) is 11.6 Å². The molecule has 4 rings (SSSR count). The number of nitrogens with one attached hydrogen (secondary N) is 1. The number of amides is 3. The molecular formula is C30H40ClN3O3. The van der Waals surface area contributed by atoms with Gasteiger partial charge in [0.2, 0.25) is 11.8 Å². The van der Waals surface area contributed by atoms with E-state index in [4.69, 9.17) is 0 Å². The Bertz CT molecular complexity index is 1060. The second-order valence-corrected chi connectivity index (χ2v) is 10.7. The lowest BCUT2D eigenvalue weighted by Gasteiger charge is -2.51. The van der Waals surface area contributed by atoms with Crippen LogP contribution in [-0.4, -0.2) is 58.7 Å². The average molecular weight is 526 g/mol. The van der Waals surface area contributed by atoms with Gasteiger partial charge in [0.25, 0.3) is 5.91 Å². The molecule has 37 heavy (non-hydrogen) atoms. The fourth-order valence-corrected chi connectivity index (χ4v) is 5.50. The standard InChI is InChI=1S/C30H39N3O3.ClH/c1-4-5-17-33-28(35)26(20-22(2)3)31-29(36)30(33)15-18-32(19-16-30)27(34)25-13-11-24(12-14-25)21-23-9-7-6-8-10-23;/h6-14,22,26H,4-5,15-21H2,1-3H3,(H,31,36);1H. The third-order valence-corrected chi connectivity index (χ3v) is 7.58. The van der Waals surface area contributed by atoms with Crippen LogP contribution in [0.5, 0.6) is 0 Å². The highest BCUT2D eigenvalue weighted by Crippen LogP contribution is 2.34. The number of rotatable bonds is 8. The lowest BCUT2D eigenvalue weighted by Crippen LogP contribution is -2.73. The minimum Gasteiger partial charge on any atom is -0.342 e. The van der Waals surface area contributed by atoms with Crippen molar-refractivity contribution < 1.29 is 14.4 Å². The van der Waals surface area contributed by atoms with Gasteiger partial charge < -0.3 is 15.1 Å². The number of hydrogen-bond acceptors (Lipinski definition) is 3. The molecule has 2 heterocycles. The maximum absolute atomic E-state index is 13.4. The first-order valence-corrected chi connectivity index (χ1v) is 13.4.